The quantitative estimate of drug-likeness (QED) is 0.719. The third kappa shape index (κ3) is 1.48. The first kappa shape index (κ1) is 10.7. The number of hydrazine groups is 1. The Morgan fingerprint density at radius 2 is 2.06 bits per heavy atom. The molecule has 0 spiro atoms. The summed E-state index contributed by atoms with van der Waals surface area (Å²) in [6.07, 6.45) is 1.03. The van der Waals surface area contributed by atoms with Crippen LogP contribution in [0.4, 0.5) is 0 Å². The van der Waals surface area contributed by atoms with Crippen molar-refractivity contribution < 1.29 is 4.79 Å². The van der Waals surface area contributed by atoms with Crippen LogP contribution < -0.4 is 5.73 Å². The number of fused-ring (bicyclic) bond motifs is 2. The Bertz CT molecular complexity index is 469. The Hall–Kier alpha value is -1.39. The predicted octanol–water partition coefficient (Wildman–Crippen LogP) is 0.823. The number of carbonyl (C=O) groups excluding carboxylic acids is 1. The van der Waals surface area contributed by atoms with Crippen LogP contribution in [0.5, 0.6) is 0 Å². The van der Waals surface area contributed by atoms with Crippen molar-refractivity contribution in [3.63, 3.8) is 0 Å². The van der Waals surface area contributed by atoms with E-state index in [0.29, 0.717) is 0 Å². The molecule has 0 radical (unpaired) electrons. The van der Waals surface area contributed by atoms with Gasteiger partial charge in [0.2, 0.25) is 0 Å². The van der Waals surface area contributed by atoms with Gasteiger partial charge in [-0.05, 0) is 24.5 Å². The molecule has 1 fully saturated rings. The van der Waals surface area contributed by atoms with Crippen molar-refractivity contribution in [1.29, 1.82) is 0 Å². The highest BCUT2D eigenvalue weighted by molar-refractivity contribution is 5.87. The molecule has 2 N–H and O–H groups in total. The average molecular weight is 231 g/mol. The van der Waals surface area contributed by atoms with Crippen molar-refractivity contribution in [2.45, 2.75) is 25.4 Å². The van der Waals surface area contributed by atoms with E-state index < -0.39 is 5.54 Å². The second-order valence-electron chi connectivity index (χ2n) is 5.03. The summed E-state index contributed by atoms with van der Waals surface area (Å²) < 4.78 is 0. The Balaban J connectivity index is 2.14. The minimum atomic E-state index is -0.907. The van der Waals surface area contributed by atoms with Gasteiger partial charge < -0.3 is 5.73 Å². The van der Waals surface area contributed by atoms with Crippen molar-refractivity contribution in [3.05, 3.63) is 35.4 Å². The summed E-state index contributed by atoms with van der Waals surface area (Å²) in [5.74, 6) is 0.0138. The molecule has 3 rings (SSSR count). The maximum atomic E-state index is 12.5. The van der Waals surface area contributed by atoms with Crippen LogP contribution in [0.2, 0.25) is 0 Å². The van der Waals surface area contributed by atoms with Crippen LogP contribution in [0.15, 0.2) is 24.3 Å². The van der Waals surface area contributed by atoms with Gasteiger partial charge in [0.1, 0.15) is 5.54 Å². The first-order chi connectivity index (χ1) is 8.10. The Labute approximate surface area is 101 Å². The lowest BCUT2D eigenvalue weighted by molar-refractivity contribution is -0.149. The van der Waals surface area contributed by atoms with Gasteiger partial charge in [0.05, 0.1) is 0 Å². The summed E-state index contributed by atoms with van der Waals surface area (Å²) in [5.41, 5.74) is 7.48. The second kappa shape index (κ2) is 3.55. The molecule has 0 bridgehead atoms. The van der Waals surface area contributed by atoms with Gasteiger partial charge in [-0.15, -0.1) is 0 Å². The summed E-state index contributed by atoms with van der Waals surface area (Å²) in [7, 11) is 0. The van der Waals surface area contributed by atoms with Crippen LogP contribution in [0.3, 0.4) is 0 Å². The summed E-state index contributed by atoms with van der Waals surface area (Å²) >= 11 is 0. The SMILES string of the molecule is CC1(N)C(=O)N2CCCN2Cc2ccccc21. The van der Waals surface area contributed by atoms with E-state index in [1.54, 1.807) is 0 Å². The van der Waals surface area contributed by atoms with Crippen LogP contribution in [-0.4, -0.2) is 29.0 Å². The van der Waals surface area contributed by atoms with E-state index in [2.05, 4.69) is 11.1 Å². The molecule has 2 aliphatic heterocycles. The fraction of sp³-hybridized carbons (Fsp3) is 0.462. The number of benzene rings is 1. The number of amides is 1. The van der Waals surface area contributed by atoms with Crippen LogP contribution in [-0.2, 0) is 16.9 Å². The zero-order valence-electron chi connectivity index (χ0n) is 10.0. The molecule has 1 unspecified atom stereocenters. The first-order valence-corrected chi connectivity index (χ1v) is 6.05. The van der Waals surface area contributed by atoms with Crippen LogP contribution in [0.25, 0.3) is 0 Å². The number of rotatable bonds is 0. The van der Waals surface area contributed by atoms with Crippen molar-refractivity contribution in [2.24, 2.45) is 5.73 Å². The summed E-state index contributed by atoms with van der Waals surface area (Å²) in [6, 6.07) is 7.99. The first-order valence-electron chi connectivity index (χ1n) is 6.05. The van der Waals surface area contributed by atoms with Gasteiger partial charge in [0.15, 0.2) is 0 Å². The lowest BCUT2D eigenvalue weighted by Gasteiger charge is -2.30. The molecule has 1 saturated heterocycles. The average Bonchev–Trinajstić information content (AvgIpc) is 2.73. The van der Waals surface area contributed by atoms with Gasteiger partial charge in [-0.1, -0.05) is 24.3 Å². The number of nitrogens with two attached hydrogens (primary N) is 1. The largest absolute Gasteiger partial charge is 0.314 e. The Kier molecular flexibility index (Phi) is 2.24. The van der Waals surface area contributed by atoms with Crippen molar-refractivity contribution in [2.75, 3.05) is 13.1 Å². The molecule has 0 aliphatic carbocycles. The van der Waals surface area contributed by atoms with E-state index in [9.17, 15) is 4.79 Å². The zero-order chi connectivity index (χ0) is 12.0. The third-order valence-corrected chi connectivity index (χ3v) is 3.74. The number of hydrogen-bond acceptors (Lipinski definition) is 3. The van der Waals surface area contributed by atoms with Gasteiger partial charge in [-0.3, -0.25) is 9.80 Å². The van der Waals surface area contributed by atoms with Gasteiger partial charge in [-0.25, -0.2) is 5.01 Å². The standard InChI is InChI=1S/C13H17N3O/c1-13(14)11-6-3-2-5-10(11)9-15-7-4-8-16(15)12(13)17/h2-3,5-6H,4,7-9,14H2,1H3. The molecule has 1 atom stereocenters. The normalized spacial score (nSPS) is 28.8. The molecule has 2 aliphatic rings. The van der Waals surface area contributed by atoms with Crippen molar-refractivity contribution in [3.8, 4) is 0 Å². The fourth-order valence-corrected chi connectivity index (χ4v) is 2.80. The van der Waals surface area contributed by atoms with Gasteiger partial charge in [0, 0.05) is 19.6 Å². The highest BCUT2D eigenvalue weighted by Crippen LogP contribution is 2.31. The molecule has 0 aromatic heterocycles. The minimum absolute atomic E-state index is 0.0138. The molecule has 17 heavy (non-hydrogen) atoms. The maximum absolute atomic E-state index is 12.5. The molecule has 4 nitrogen and oxygen atoms in total. The fourth-order valence-electron chi connectivity index (χ4n) is 2.80. The maximum Gasteiger partial charge on any atom is 0.261 e. The Morgan fingerprint density at radius 3 is 2.88 bits per heavy atom. The molecule has 90 valence electrons. The van der Waals surface area contributed by atoms with Crippen molar-refractivity contribution in [1.82, 2.24) is 10.0 Å². The summed E-state index contributed by atoms with van der Waals surface area (Å²) in [4.78, 5) is 12.5. The summed E-state index contributed by atoms with van der Waals surface area (Å²) in [6.45, 7) is 4.33. The second-order valence-corrected chi connectivity index (χ2v) is 5.03. The van der Waals surface area contributed by atoms with E-state index in [1.165, 1.54) is 0 Å². The smallest absolute Gasteiger partial charge is 0.261 e. The third-order valence-electron chi connectivity index (χ3n) is 3.74. The van der Waals surface area contributed by atoms with Crippen LogP contribution in [0.1, 0.15) is 24.5 Å². The van der Waals surface area contributed by atoms with E-state index in [4.69, 9.17) is 5.73 Å². The topological polar surface area (TPSA) is 49.6 Å². The van der Waals surface area contributed by atoms with Gasteiger partial charge in [0.25, 0.3) is 5.91 Å². The highest BCUT2D eigenvalue weighted by atomic mass is 16.2. The lowest BCUT2D eigenvalue weighted by atomic mass is 9.88. The summed E-state index contributed by atoms with van der Waals surface area (Å²) in [5, 5.41) is 3.93. The van der Waals surface area contributed by atoms with Crippen LogP contribution >= 0.6 is 0 Å². The molecule has 4 heteroatoms. The van der Waals surface area contributed by atoms with E-state index >= 15 is 0 Å². The molecule has 1 amide bonds. The monoisotopic (exact) mass is 231 g/mol. The van der Waals surface area contributed by atoms with Crippen molar-refractivity contribution >= 4 is 5.91 Å². The van der Waals surface area contributed by atoms with E-state index in [1.807, 2.05) is 30.1 Å². The van der Waals surface area contributed by atoms with Gasteiger partial charge in [-0.2, -0.15) is 0 Å². The predicted molar refractivity (Wildman–Crippen MR) is 64.7 cm³/mol. The number of nitrogens with zero attached hydrogens (tertiary/aromatic N) is 2. The minimum Gasteiger partial charge on any atom is -0.314 e. The molecular weight excluding hydrogens is 214 g/mol. The van der Waals surface area contributed by atoms with Gasteiger partial charge >= 0.3 is 0 Å². The van der Waals surface area contributed by atoms with Crippen LogP contribution in [0, 0.1) is 0 Å². The molecule has 1 aromatic rings. The lowest BCUT2D eigenvalue weighted by Crippen LogP contribution is -2.52. The molecule has 0 saturated carbocycles. The number of carbonyl (C=O) groups is 1. The van der Waals surface area contributed by atoms with E-state index in [0.717, 1.165) is 37.2 Å². The zero-order valence-corrected chi connectivity index (χ0v) is 10.0. The van der Waals surface area contributed by atoms with E-state index in [-0.39, 0.29) is 5.91 Å². The number of hydrogen-bond donors (Lipinski definition) is 1. The molecular formula is C13H17N3O. The molecule has 1 aromatic carbocycles. The Morgan fingerprint density at radius 1 is 1.29 bits per heavy atom. The highest BCUT2D eigenvalue weighted by Gasteiger charge is 2.42. The molecule has 2 heterocycles.